The van der Waals surface area contributed by atoms with Gasteiger partial charge in [-0.25, -0.2) is 10.4 Å². The lowest BCUT2D eigenvalue weighted by atomic mass is 10.2. The summed E-state index contributed by atoms with van der Waals surface area (Å²) in [5.74, 6) is 0.930. The number of anilines is 1. The number of furan rings is 1. The lowest BCUT2D eigenvalue weighted by Gasteiger charge is -2.01. The van der Waals surface area contributed by atoms with Crippen molar-refractivity contribution in [3.63, 3.8) is 0 Å². The first kappa shape index (κ1) is 13.4. The Labute approximate surface area is 129 Å². The van der Waals surface area contributed by atoms with Crippen LogP contribution in [0.5, 0.6) is 0 Å². The van der Waals surface area contributed by atoms with Gasteiger partial charge in [0, 0.05) is 5.56 Å². The van der Waals surface area contributed by atoms with Gasteiger partial charge in [0.2, 0.25) is 0 Å². The van der Waals surface area contributed by atoms with Crippen LogP contribution < -0.4 is 5.43 Å². The molecule has 0 atom stereocenters. The Morgan fingerprint density at radius 2 is 2.00 bits per heavy atom. The molecule has 7 heteroatoms. The summed E-state index contributed by atoms with van der Waals surface area (Å²) < 4.78 is 5.93. The van der Waals surface area contributed by atoms with Crippen molar-refractivity contribution in [3.05, 3.63) is 59.1 Å². The van der Waals surface area contributed by atoms with Crippen LogP contribution >= 0.6 is 15.9 Å². The summed E-state index contributed by atoms with van der Waals surface area (Å²) in [5.41, 5.74) is 4.41. The van der Waals surface area contributed by atoms with Gasteiger partial charge in [0.25, 0.3) is 5.95 Å². The number of nitrogens with one attached hydrogen (secondary N) is 1. The molecular formula is C14H10BrN5O. The average molecular weight is 344 g/mol. The lowest BCUT2D eigenvalue weighted by Crippen LogP contribution is -1.99. The van der Waals surface area contributed by atoms with E-state index in [1.807, 2.05) is 30.3 Å². The fourth-order valence-electron chi connectivity index (χ4n) is 1.65. The Balaban J connectivity index is 1.73. The fraction of sp³-hybridized carbons (Fsp3) is 0. The van der Waals surface area contributed by atoms with E-state index in [1.165, 1.54) is 6.21 Å². The third-order valence-electron chi connectivity index (χ3n) is 2.58. The minimum absolute atomic E-state index is 0.318. The highest BCUT2D eigenvalue weighted by Crippen LogP contribution is 2.16. The molecule has 0 aliphatic rings. The van der Waals surface area contributed by atoms with Crippen molar-refractivity contribution in [1.82, 2.24) is 15.2 Å². The number of benzene rings is 1. The first-order chi connectivity index (χ1) is 10.3. The molecule has 0 bridgehead atoms. The van der Waals surface area contributed by atoms with Crippen LogP contribution in [-0.4, -0.2) is 21.4 Å². The van der Waals surface area contributed by atoms with Crippen LogP contribution in [-0.2, 0) is 0 Å². The predicted molar refractivity (Wildman–Crippen MR) is 82.9 cm³/mol. The second kappa shape index (κ2) is 6.27. The number of nitrogens with zero attached hydrogens (tertiary/aromatic N) is 4. The van der Waals surface area contributed by atoms with Gasteiger partial charge in [-0.1, -0.05) is 30.3 Å². The summed E-state index contributed by atoms with van der Waals surface area (Å²) in [5, 5.41) is 11.8. The molecule has 3 rings (SSSR count). The molecule has 0 saturated carbocycles. The largest absolute Gasteiger partial charge is 0.448 e. The van der Waals surface area contributed by atoms with Gasteiger partial charge in [-0.15, -0.1) is 5.10 Å². The molecule has 6 nitrogen and oxygen atoms in total. The second-order valence-electron chi connectivity index (χ2n) is 4.04. The second-order valence-corrected chi connectivity index (χ2v) is 4.82. The quantitative estimate of drug-likeness (QED) is 0.580. The summed E-state index contributed by atoms with van der Waals surface area (Å²) in [6.07, 6.45) is 3.14. The van der Waals surface area contributed by atoms with E-state index in [0.717, 1.165) is 11.3 Å². The van der Waals surface area contributed by atoms with Gasteiger partial charge in [-0.05, 0) is 28.1 Å². The molecular weight excluding hydrogens is 334 g/mol. The van der Waals surface area contributed by atoms with E-state index in [1.54, 1.807) is 18.3 Å². The van der Waals surface area contributed by atoms with Gasteiger partial charge in [-0.2, -0.15) is 10.2 Å². The van der Waals surface area contributed by atoms with Crippen molar-refractivity contribution in [3.8, 4) is 11.3 Å². The van der Waals surface area contributed by atoms with Crippen LogP contribution in [0.1, 0.15) is 5.76 Å². The highest BCUT2D eigenvalue weighted by atomic mass is 79.9. The van der Waals surface area contributed by atoms with Crippen molar-refractivity contribution in [2.45, 2.75) is 0 Å². The first-order valence-corrected chi connectivity index (χ1v) is 6.90. The van der Waals surface area contributed by atoms with Gasteiger partial charge >= 0.3 is 0 Å². The predicted octanol–water partition coefficient (Wildman–Crippen LogP) is 3.34. The number of rotatable bonds is 4. The molecule has 21 heavy (non-hydrogen) atoms. The Morgan fingerprint density at radius 3 is 2.76 bits per heavy atom. The topological polar surface area (TPSA) is 76.2 Å². The van der Waals surface area contributed by atoms with E-state index >= 15 is 0 Å². The highest BCUT2D eigenvalue weighted by molar-refractivity contribution is 9.10. The summed E-state index contributed by atoms with van der Waals surface area (Å²) >= 11 is 3.22. The maximum absolute atomic E-state index is 5.29. The molecule has 0 radical (unpaired) electrons. The highest BCUT2D eigenvalue weighted by Gasteiger charge is 2.02. The van der Waals surface area contributed by atoms with E-state index in [4.69, 9.17) is 4.42 Å². The molecule has 0 spiro atoms. The number of halogens is 1. The smallest absolute Gasteiger partial charge is 0.263 e. The zero-order valence-corrected chi connectivity index (χ0v) is 12.4. The Bertz CT molecular complexity index is 757. The maximum Gasteiger partial charge on any atom is 0.263 e. The van der Waals surface area contributed by atoms with Crippen molar-refractivity contribution in [2.75, 3.05) is 5.43 Å². The Morgan fingerprint density at radius 1 is 1.14 bits per heavy atom. The fourth-order valence-corrected chi connectivity index (χ4v) is 1.97. The maximum atomic E-state index is 5.29. The van der Waals surface area contributed by atoms with Crippen LogP contribution in [0.2, 0.25) is 0 Å². The molecule has 0 amide bonds. The summed E-state index contributed by atoms with van der Waals surface area (Å²) in [4.78, 5) is 4.34. The molecule has 2 heterocycles. The molecule has 0 saturated heterocycles. The molecule has 1 N–H and O–H groups in total. The van der Waals surface area contributed by atoms with Gasteiger partial charge in [0.1, 0.15) is 5.76 Å². The van der Waals surface area contributed by atoms with E-state index in [9.17, 15) is 0 Å². The number of aromatic nitrogens is 3. The molecule has 3 aromatic rings. The zero-order chi connectivity index (χ0) is 14.5. The third-order valence-corrected chi connectivity index (χ3v) is 3.00. The van der Waals surface area contributed by atoms with Gasteiger partial charge in [0.05, 0.1) is 18.1 Å². The van der Waals surface area contributed by atoms with E-state index < -0.39 is 0 Å². The molecule has 0 unspecified atom stereocenters. The van der Waals surface area contributed by atoms with Crippen LogP contribution in [0.25, 0.3) is 11.3 Å². The molecule has 0 aliphatic carbocycles. The van der Waals surface area contributed by atoms with Gasteiger partial charge in [0.15, 0.2) is 4.67 Å². The monoisotopic (exact) mass is 343 g/mol. The molecule has 0 fully saturated rings. The van der Waals surface area contributed by atoms with E-state index in [0.29, 0.717) is 16.4 Å². The van der Waals surface area contributed by atoms with Crippen LogP contribution in [0.4, 0.5) is 5.95 Å². The van der Waals surface area contributed by atoms with E-state index in [2.05, 4.69) is 41.6 Å². The lowest BCUT2D eigenvalue weighted by molar-refractivity contribution is 0.534. The van der Waals surface area contributed by atoms with Crippen molar-refractivity contribution < 1.29 is 4.42 Å². The third kappa shape index (κ3) is 3.51. The van der Waals surface area contributed by atoms with Crippen LogP contribution in [0.15, 0.2) is 62.8 Å². The van der Waals surface area contributed by atoms with Crippen LogP contribution in [0, 0.1) is 0 Å². The minimum Gasteiger partial charge on any atom is -0.448 e. The van der Waals surface area contributed by atoms with Crippen molar-refractivity contribution in [1.29, 1.82) is 0 Å². The SMILES string of the molecule is Brc1ccc(/C=N/Nc2nncc(-c3ccccc3)n2)o1. The molecule has 2 aromatic heterocycles. The summed E-state index contributed by atoms with van der Waals surface area (Å²) in [7, 11) is 0. The number of hydrogen-bond donors (Lipinski definition) is 1. The molecule has 1 aromatic carbocycles. The normalized spacial score (nSPS) is 10.9. The summed E-state index contributed by atoms with van der Waals surface area (Å²) in [6.45, 7) is 0. The van der Waals surface area contributed by atoms with Crippen molar-refractivity contribution in [2.24, 2.45) is 5.10 Å². The average Bonchev–Trinajstić information content (AvgIpc) is 2.94. The summed E-state index contributed by atoms with van der Waals surface area (Å²) in [6, 6.07) is 13.3. The molecule has 0 aliphatic heterocycles. The number of hydrogen-bond acceptors (Lipinski definition) is 6. The molecule has 104 valence electrons. The van der Waals surface area contributed by atoms with Gasteiger partial charge < -0.3 is 4.42 Å². The first-order valence-electron chi connectivity index (χ1n) is 6.11. The Kier molecular flexibility index (Phi) is 4.02. The Hall–Kier alpha value is -2.54. The van der Waals surface area contributed by atoms with E-state index in [-0.39, 0.29) is 0 Å². The standard InChI is InChI=1S/C14H10BrN5O/c15-13-7-6-11(21-13)8-16-19-14-18-12(9-17-20-14)10-4-2-1-3-5-10/h1-9H,(H,18,19,20)/b16-8+. The van der Waals surface area contributed by atoms with Crippen LogP contribution in [0.3, 0.4) is 0 Å². The number of hydrazone groups is 1. The van der Waals surface area contributed by atoms with Crippen molar-refractivity contribution >= 4 is 28.1 Å². The minimum atomic E-state index is 0.318. The van der Waals surface area contributed by atoms with Gasteiger partial charge in [-0.3, -0.25) is 0 Å². The zero-order valence-electron chi connectivity index (χ0n) is 10.8.